The van der Waals surface area contributed by atoms with Crippen LogP contribution >= 0.6 is 11.6 Å². The van der Waals surface area contributed by atoms with Crippen molar-refractivity contribution in [2.75, 3.05) is 0 Å². The van der Waals surface area contributed by atoms with E-state index >= 15 is 0 Å². The monoisotopic (exact) mass is 388 g/mol. The Morgan fingerprint density at radius 1 is 0.893 bits per heavy atom. The molecule has 1 aromatic heterocycles. The number of aromatic nitrogens is 3. The summed E-state index contributed by atoms with van der Waals surface area (Å²) >= 11 is 5.91. The molecule has 0 fully saturated rings. The maximum atomic E-state index is 12.9. The van der Waals surface area contributed by atoms with E-state index < -0.39 is 0 Å². The standard InChI is InChI=1S/C22H17ClN4O/c23-18-13-11-16(12-14-18)15-24-22(28)20-21(17-7-3-1-4-8-17)27(26-25-20)19-9-5-2-6-10-19/h1-14H,15H2,(H,24,28). The third-order valence-corrected chi connectivity index (χ3v) is 4.55. The molecule has 0 saturated carbocycles. The number of halogens is 1. The first kappa shape index (κ1) is 17.9. The molecule has 1 N–H and O–H groups in total. The normalized spacial score (nSPS) is 10.6. The van der Waals surface area contributed by atoms with E-state index in [0.717, 1.165) is 16.8 Å². The summed E-state index contributed by atoms with van der Waals surface area (Å²) in [5.41, 5.74) is 3.59. The van der Waals surface area contributed by atoms with Gasteiger partial charge in [0.25, 0.3) is 5.91 Å². The molecule has 1 amide bonds. The van der Waals surface area contributed by atoms with E-state index in [-0.39, 0.29) is 11.6 Å². The van der Waals surface area contributed by atoms with Crippen LogP contribution in [0.2, 0.25) is 5.02 Å². The van der Waals surface area contributed by atoms with Crippen molar-refractivity contribution in [1.29, 1.82) is 0 Å². The van der Waals surface area contributed by atoms with Gasteiger partial charge in [0, 0.05) is 17.1 Å². The number of hydrogen-bond acceptors (Lipinski definition) is 3. The molecule has 4 aromatic rings. The summed E-state index contributed by atoms with van der Waals surface area (Å²) in [6.07, 6.45) is 0. The van der Waals surface area contributed by atoms with Gasteiger partial charge in [-0.1, -0.05) is 77.5 Å². The van der Waals surface area contributed by atoms with E-state index in [1.54, 1.807) is 16.8 Å². The number of nitrogens with one attached hydrogen (secondary N) is 1. The summed E-state index contributed by atoms with van der Waals surface area (Å²) in [6.45, 7) is 0.377. The molecule has 4 rings (SSSR count). The van der Waals surface area contributed by atoms with Gasteiger partial charge in [-0.3, -0.25) is 4.79 Å². The van der Waals surface area contributed by atoms with Gasteiger partial charge >= 0.3 is 0 Å². The third-order valence-electron chi connectivity index (χ3n) is 4.30. The molecule has 0 aliphatic rings. The van der Waals surface area contributed by atoms with Gasteiger partial charge in [0.1, 0.15) is 5.69 Å². The Kier molecular flexibility index (Phi) is 5.17. The van der Waals surface area contributed by atoms with Crippen LogP contribution in [0.1, 0.15) is 16.1 Å². The summed E-state index contributed by atoms with van der Waals surface area (Å²) in [6, 6.07) is 26.6. The predicted octanol–water partition coefficient (Wildman–Crippen LogP) is 4.52. The molecule has 0 aliphatic heterocycles. The van der Waals surface area contributed by atoms with Gasteiger partial charge in [0.2, 0.25) is 0 Å². The molecule has 5 nitrogen and oxygen atoms in total. The zero-order valence-corrected chi connectivity index (χ0v) is 15.7. The Balaban J connectivity index is 1.67. The van der Waals surface area contributed by atoms with Crippen molar-refractivity contribution in [2.45, 2.75) is 6.54 Å². The lowest BCUT2D eigenvalue weighted by Crippen LogP contribution is -2.24. The van der Waals surface area contributed by atoms with Crippen LogP contribution < -0.4 is 5.32 Å². The molecule has 0 spiro atoms. The second-order valence-electron chi connectivity index (χ2n) is 6.21. The first-order valence-electron chi connectivity index (χ1n) is 8.81. The van der Waals surface area contributed by atoms with Gasteiger partial charge in [-0.25, -0.2) is 4.68 Å². The van der Waals surface area contributed by atoms with E-state index in [2.05, 4.69) is 15.6 Å². The minimum atomic E-state index is -0.281. The molecule has 0 bridgehead atoms. The molecular weight excluding hydrogens is 372 g/mol. The topological polar surface area (TPSA) is 59.8 Å². The van der Waals surface area contributed by atoms with Gasteiger partial charge in [-0.05, 0) is 29.8 Å². The minimum absolute atomic E-state index is 0.281. The van der Waals surface area contributed by atoms with E-state index in [1.165, 1.54) is 0 Å². The van der Waals surface area contributed by atoms with Gasteiger partial charge in [-0.2, -0.15) is 0 Å². The number of benzene rings is 3. The van der Waals surface area contributed by atoms with Gasteiger partial charge in [0.15, 0.2) is 5.69 Å². The molecule has 1 heterocycles. The molecule has 0 saturated heterocycles. The van der Waals surface area contributed by atoms with Crippen LogP contribution in [-0.4, -0.2) is 20.9 Å². The minimum Gasteiger partial charge on any atom is -0.346 e. The van der Waals surface area contributed by atoms with Gasteiger partial charge in [-0.15, -0.1) is 5.10 Å². The zero-order chi connectivity index (χ0) is 19.3. The first-order chi connectivity index (χ1) is 13.7. The van der Waals surface area contributed by atoms with E-state index in [1.807, 2.05) is 72.8 Å². The number of carbonyl (C=O) groups is 1. The van der Waals surface area contributed by atoms with E-state index in [4.69, 9.17) is 11.6 Å². The van der Waals surface area contributed by atoms with E-state index in [9.17, 15) is 4.79 Å². The fraction of sp³-hybridized carbons (Fsp3) is 0.0455. The summed E-state index contributed by atoms with van der Waals surface area (Å²) in [7, 11) is 0. The fourth-order valence-electron chi connectivity index (χ4n) is 2.91. The van der Waals surface area contributed by atoms with Gasteiger partial charge in [0.05, 0.1) is 5.69 Å². The molecule has 3 aromatic carbocycles. The Morgan fingerprint density at radius 2 is 1.54 bits per heavy atom. The number of hydrogen-bond donors (Lipinski definition) is 1. The third kappa shape index (κ3) is 3.80. The van der Waals surface area contributed by atoms with Crippen LogP contribution in [0.3, 0.4) is 0 Å². The van der Waals surface area contributed by atoms with Crippen LogP contribution in [0.15, 0.2) is 84.9 Å². The first-order valence-corrected chi connectivity index (χ1v) is 9.19. The zero-order valence-electron chi connectivity index (χ0n) is 14.9. The maximum Gasteiger partial charge on any atom is 0.274 e. The van der Waals surface area contributed by atoms with Crippen molar-refractivity contribution >= 4 is 17.5 Å². The molecule has 138 valence electrons. The van der Waals surface area contributed by atoms with Crippen LogP contribution in [0.25, 0.3) is 16.9 Å². The molecule has 6 heteroatoms. The SMILES string of the molecule is O=C(NCc1ccc(Cl)cc1)c1nnn(-c2ccccc2)c1-c1ccccc1. The highest BCUT2D eigenvalue weighted by Crippen LogP contribution is 2.25. The number of para-hydroxylation sites is 1. The lowest BCUT2D eigenvalue weighted by molar-refractivity contribution is 0.0946. The summed E-state index contributed by atoms with van der Waals surface area (Å²) in [5, 5.41) is 12.0. The largest absolute Gasteiger partial charge is 0.346 e. The highest BCUT2D eigenvalue weighted by atomic mass is 35.5. The second-order valence-corrected chi connectivity index (χ2v) is 6.65. The summed E-state index contributed by atoms with van der Waals surface area (Å²) < 4.78 is 1.69. The summed E-state index contributed by atoms with van der Waals surface area (Å²) in [4.78, 5) is 12.9. The molecule has 0 aliphatic carbocycles. The van der Waals surface area contributed by atoms with Crippen LogP contribution in [0.5, 0.6) is 0 Å². The lowest BCUT2D eigenvalue weighted by atomic mass is 10.1. The molecule has 28 heavy (non-hydrogen) atoms. The van der Waals surface area contributed by atoms with Crippen LogP contribution in [-0.2, 0) is 6.54 Å². The smallest absolute Gasteiger partial charge is 0.274 e. The van der Waals surface area contributed by atoms with Crippen LogP contribution in [0, 0.1) is 0 Å². The average Bonchev–Trinajstić information content (AvgIpc) is 3.20. The molecule has 0 unspecified atom stereocenters. The average molecular weight is 389 g/mol. The Morgan fingerprint density at radius 3 is 2.21 bits per heavy atom. The van der Waals surface area contributed by atoms with Crippen LogP contribution in [0.4, 0.5) is 0 Å². The van der Waals surface area contributed by atoms with Crippen molar-refractivity contribution in [1.82, 2.24) is 20.3 Å². The number of carbonyl (C=O) groups excluding carboxylic acids is 1. The van der Waals surface area contributed by atoms with E-state index in [0.29, 0.717) is 17.3 Å². The number of amides is 1. The fourth-order valence-corrected chi connectivity index (χ4v) is 3.03. The predicted molar refractivity (Wildman–Crippen MR) is 109 cm³/mol. The Labute approximate surface area is 167 Å². The highest BCUT2D eigenvalue weighted by Gasteiger charge is 2.21. The van der Waals surface area contributed by atoms with Crippen molar-refractivity contribution in [3.05, 3.63) is 101 Å². The molecule has 0 atom stereocenters. The van der Waals surface area contributed by atoms with Crippen molar-refractivity contribution in [2.24, 2.45) is 0 Å². The maximum absolute atomic E-state index is 12.9. The lowest BCUT2D eigenvalue weighted by Gasteiger charge is -2.09. The Bertz CT molecular complexity index is 1080. The number of rotatable bonds is 5. The van der Waals surface area contributed by atoms with Crippen molar-refractivity contribution in [3.63, 3.8) is 0 Å². The van der Waals surface area contributed by atoms with Crippen molar-refractivity contribution < 1.29 is 4.79 Å². The summed E-state index contributed by atoms with van der Waals surface area (Å²) in [5.74, 6) is -0.281. The quantitative estimate of drug-likeness (QED) is 0.547. The van der Waals surface area contributed by atoms with Gasteiger partial charge < -0.3 is 5.32 Å². The molecule has 0 radical (unpaired) electrons. The molecular formula is C22H17ClN4O. The number of nitrogens with zero attached hydrogens (tertiary/aromatic N) is 3. The Hall–Kier alpha value is -3.44. The van der Waals surface area contributed by atoms with Crippen molar-refractivity contribution in [3.8, 4) is 16.9 Å². The second kappa shape index (κ2) is 8.06. The highest BCUT2D eigenvalue weighted by molar-refractivity contribution is 6.30.